The number of pyridine rings is 1. The molecule has 2 aromatic carbocycles. The van der Waals surface area contributed by atoms with Crippen molar-refractivity contribution in [3.05, 3.63) is 91.8 Å². The molecule has 1 unspecified atom stereocenters. The van der Waals surface area contributed by atoms with Crippen LogP contribution in [0.5, 0.6) is 0 Å². The van der Waals surface area contributed by atoms with Crippen LogP contribution in [0.3, 0.4) is 0 Å². The molecule has 3 N–H and O–H groups in total. The SMILES string of the molecule is N#Cc1cnc2c(Cl)cc(N[C@H](c3c[nH]nn3)[SH]3C=CC4=C3CN(C3COC3)CC4)cc2c1Nc1ccc(F)c(Cl)c1. The zero-order valence-corrected chi connectivity index (χ0v) is 24.5. The largest absolute Gasteiger partial charge is 0.378 e. The summed E-state index contributed by atoms with van der Waals surface area (Å²) in [6.07, 6.45) is 6.56. The number of benzene rings is 2. The maximum absolute atomic E-state index is 13.8. The van der Waals surface area contributed by atoms with E-state index in [2.05, 4.69) is 53.5 Å². The molecule has 0 amide bonds. The van der Waals surface area contributed by atoms with Crippen LogP contribution in [0.2, 0.25) is 10.0 Å². The smallest absolute Gasteiger partial charge is 0.141 e. The Kier molecular flexibility index (Phi) is 7.25. The zero-order chi connectivity index (χ0) is 28.8. The monoisotopic (exact) mass is 622 g/mol. The van der Waals surface area contributed by atoms with Gasteiger partial charge in [-0.15, -0.1) is 5.10 Å². The summed E-state index contributed by atoms with van der Waals surface area (Å²) in [5, 5.41) is 31.2. The molecular weight excluding hydrogens is 598 g/mol. The van der Waals surface area contributed by atoms with Gasteiger partial charge in [0.05, 0.1) is 46.1 Å². The number of aromatic nitrogens is 4. The van der Waals surface area contributed by atoms with Crippen molar-refractivity contribution in [3.63, 3.8) is 0 Å². The van der Waals surface area contributed by atoms with E-state index < -0.39 is 16.7 Å². The highest BCUT2D eigenvalue weighted by Crippen LogP contribution is 2.56. The maximum Gasteiger partial charge on any atom is 0.141 e. The first-order chi connectivity index (χ1) is 20.5. The Balaban J connectivity index is 1.26. The summed E-state index contributed by atoms with van der Waals surface area (Å²) in [5.74, 6) is -0.529. The number of allylic oxidation sites excluding steroid dienone is 1. The molecule has 0 saturated carbocycles. The van der Waals surface area contributed by atoms with Gasteiger partial charge in [-0.25, -0.2) is 4.39 Å². The van der Waals surface area contributed by atoms with Crippen molar-refractivity contribution >= 4 is 62.1 Å². The third-order valence-corrected chi connectivity index (χ3v) is 10.9. The lowest BCUT2D eigenvalue weighted by Crippen LogP contribution is -2.51. The average Bonchev–Trinajstić information content (AvgIpc) is 3.64. The van der Waals surface area contributed by atoms with Crippen molar-refractivity contribution in [1.82, 2.24) is 25.3 Å². The minimum Gasteiger partial charge on any atom is -0.378 e. The van der Waals surface area contributed by atoms with Crippen LogP contribution in [0.25, 0.3) is 10.9 Å². The fourth-order valence-corrected chi connectivity index (χ4v) is 8.54. The number of anilines is 3. The molecule has 4 aromatic rings. The molecule has 0 bridgehead atoms. The maximum atomic E-state index is 13.8. The Labute approximate surface area is 253 Å². The minimum absolute atomic E-state index is 0.0283. The molecule has 1 fully saturated rings. The van der Waals surface area contributed by atoms with E-state index in [1.165, 1.54) is 28.8 Å². The summed E-state index contributed by atoms with van der Waals surface area (Å²) in [6, 6.07) is 10.7. The zero-order valence-electron chi connectivity index (χ0n) is 22.1. The Bertz CT molecular complexity index is 1790. The van der Waals surface area contributed by atoms with Crippen molar-refractivity contribution in [2.45, 2.75) is 17.8 Å². The molecular formula is C29H25Cl2FN8OS. The Morgan fingerprint density at radius 1 is 1.19 bits per heavy atom. The van der Waals surface area contributed by atoms with E-state index in [0.717, 1.165) is 44.1 Å². The van der Waals surface area contributed by atoms with Crippen LogP contribution in [-0.2, 0) is 4.74 Å². The molecule has 2 atom stereocenters. The lowest BCUT2D eigenvalue weighted by molar-refractivity contribution is -0.0622. The van der Waals surface area contributed by atoms with Gasteiger partial charge >= 0.3 is 0 Å². The third-order valence-electron chi connectivity index (χ3n) is 7.81. The van der Waals surface area contributed by atoms with Crippen molar-refractivity contribution in [3.8, 4) is 6.07 Å². The lowest BCUT2D eigenvalue weighted by atomic mass is 10.1. The number of nitrogens with one attached hydrogen (secondary N) is 3. The minimum atomic E-state index is -0.783. The molecule has 42 heavy (non-hydrogen) atoms. The molecule has 5 heterocycles. The highest BCUT2D eigenvalue weighted by molar-refractivity contribution is 8.23. The number of fused-ring (bicyclic) bond motifs is 1. The second kappa shape index (κ2) is 11.2. The molecule has 214 valence electrons. The topological polar surface area (TPSA) is 115 Å². The molecule has 0 radical (unpaired) electrons. The number of hydrogen-bond donors (Lipinski definition) is 4. The van der Waals surface area contributed by atoms with E-state index in [1.807, 2.05) is 18.3 Å². The Morgan fingerprint density at radius 3 is 2.79 bits per heavy atom. The van der Waals surface area contributed by atoms with Crippen molar-refractivity contribution in [1.29, 1.82) is 5.26 Å². The Hall–Kier alpha value is -3.66. The van der Waals surface area contributed by atoms with Crippen LogP contribution >= 0.6 is 34.1 Å². The van der Waals surface area contributed by atoms with E-state index >= 15 is 0 Å². The Morgan fingerprint density at radius 2 is 2.05 bits per heavy atom. The summed E-state index contributed by atoms with van der Waals surface area (Å²) in [6.45, 7) is 3.51. The molecule has 7 rings (SSSR count). The highest BCUT2D eigenvalue weighted by atomic mass is 35.5. The van der Waals surface area contributed by atoms with Gasteiger partial charge in [-0.2, -0.15) is 16.2 Å². The number of nitrogens with zero attached hydrogens (tertiary/aromatic N) is 5. The molecule has 0 aliphatic carbocycles. The number of rotatable bonds is 7. The van der Waals surface area contributed by atoms with Gasteiger partial charge in [0.15, 0.2) is 0 Å². The first-order valence-corrected chi connectivity index (χ1v) is 15.6. The second-order valence-corrected chi connectivity index (χ2v) is 13.3. The van der Waals surface area contributed by atoms with E-state index in [1.54, 1.807) is 6.07 Å². The van der Waals surface area contributed by atoms with Crippen molar-refractivity contribution in [2.75, 3.05) is 36.9 Å². The second-order valence-electron chi connectivity index (χ2n) is 10.3. The van der Waals surface area contributed by atoms with Gasteiger partial charge in [-0.05, 0) is 52.6 Å². The summed E-state index contributed by atoms with van der Waals surface area (Å²) >= 11 is 12.8. The molecule has 2 aromatic heterocycles. The van der Waals surface area contributed by atoms with Crippen LogP contribution in [0.15, 0.2) is 64.7 Å². The van der Waals surface area contributed by atoms with Crippen LogP contribution < -0.4 is 10.6 Å². The van der Waals surface area contributed by atoms with Crippen LogP contribution in [0.4, 0.5) is 21.5 Å². The summed E-state index contributed by atoms with van der Waals surface area (Å²) in [5.41, 5.74) is 4.79. The fourth-order valence-electron chi connectivity index (χ4n) is 5.52. The van der Waals surface area contributed by atoms with Gasteiger partial charge in [-0.3, -0.25) is 15.0 Å². The summed E-state index contributed by atoms with van der Waals surface area (Å²) in [4.78, 5) is 8.41. The molecule has 3 aliphatic rings. The summed E-state index contributed by atoms with van der Waals surface area (Å²) in [7, 11) is -0.783. The predicted octanol–water partition coefficient (Wildman–Crippen LogP) is 6.41. The average molecular weight is 624 g/mol. The molecule has 9 nitrogen and oxygen atoms in total. The number of nitriles is 1. The van der Waals surface area contributed by atoms with E-state index in [-0.39, 0.29) is 10.4 Å². The van der Waals surface area contributed by atoms with Crippen molar-refractivity contribution < 1.29 is 9.13 Å². The quantitative estimate of drug-likeness (QED) is 0.175. The fraction of sp³-hybridized carbons (Fsp3) is 0.241. The first kappa shape index (κ1) is 27.2. The third kappa shape index (κ3) is 4.99. The molecule has 1 saturated heterocycles. The first-order valence-electron chi connectivity index (χ1n) is 13.4. The van der Waals surface area contributed by atoms with Gasteiger partial charge in [0.25, 0.3) is 0 Å². The van der Waals surface area contributed by atoms with E-state index in [4.69, 9.17) is 27.9 Å². The van der Waals surface area contributed by atoms with Crippen LogP contribution in [0, 0.1) is 17.1 Å². The van der Waals surface area contributed by atoms with Gasteiger partial charge in [0, 0.05) is 42.2 Å². The normalized spacial score (nSPS) is 20.3. The number of halogens is 3. The highest BCUT2D eigenvalue weighted by Gasteiger charge is 2.35. The van der Waals surface area contributed by atoms with E-state index in [0.29, 0.717) is 38.9 Å². The van der Waals surface area contributed by atoms with E-state index in [9.17, 15) is 9.65 Å². The van der Waals surface area contributed by atoms with Crippen LogP contribution in [0.1, 0.15) is 23.1 Å². The lowest BCUT2D eigenvalue weighted by Gasteiger charge is -2.42. The number of hydrogen-bond acceptors (Lipinski definition) is 8. The van der Waals surface area contributed by atoms with Gasteiger partial charge in [0.1, 0.15) is 23.0 Å². The number of thiol groups is 1. The molecule has 0 spiro atoms. The number of H-pyrrole nitrogens is 1. The number of aromatic amines is 1. The standard InChI is InChI=1S/C29H25Cl2FN8OS/c30-22-8-18(1-2-24(22)32)36-27-17(10-33)11-34-28-21(27)7-19(9-23(28)31)37-29(25-12-35-39-38-25)42-6-4-16-3-5-40(13-26(16)42)20-14-41-15-20/h1-2,4,6-9,11-12,20,29,37,42H,3,5,13-15H2,(H,34,36)(H,35,38,39)/t29-/m0/s1. The number of ether oxygens (including phenoxy) is 1. The van der Waals surface area contributed by atoms with Crippen LogP contribution in [-0.4, -0.2) is 57.6 Å². The van der Waals surface area contributed by atoms with Gasteiger partial charge < -0.3 is 15.4 Å². The van der Waals surface area contributed by atoms with Gasteiger partial charge in [-0.1, -0.05) is 34.5 Å². The van der Waals surface area contributed by atoms with Gasteiger partial charge in [0.2, 0.25) is 0 Å². The van der Waals surface area contributed by atoms with Crippen molar-refractivity contribution in [2.24, 2.45) is 0 Å². The predicted molar refractivity (Wildman–Crippen MR) is 165 cm³/mol. The molecule has 13 heteroatoms. The molecule has 3 aliphatic heterocycles. The summed E-state index contributed by atoms with van der Waals surface area (Å²) < 4.78 is 19.3.